The summed E-state index contributed by atoms with van der Waals surface area (Å²) in [5.41, 5.74) is 1.80. The number of halogens is 3. The van der Waals surface area contributed by atoms with Gasteiger partial charge in [-0.15, -0.1) is 37.2 Å². The Morgan fingerprint density at radius 1 is 1.10 bits per heavy atom. The zero-order chi connectivity index (χ0) is 12.0. The van der Waals surface area contributed by atoms with Gasteiger partial charge in [0, 0.05) is 24.8 Å². The van der Waals surface area contributed by atoms with Gasteiger partial charge in [-0.05, 0) is 56.8 Å². The molecular formula is C15H24Cl3N3. The molecule has 1 spiro atoms. The van der Waals surface area contributed by atoms with Crippen LogP contribution in [-0.2, 0) is 0 Å². The minimum absolute atomic E-state index is 0. The average molecular weight is 353 g/mol. The first-order chi connectivity index (χ1) is 8.86. The fraction of sp³-hybridized carbons (Fsp3) is 0.667. The van der Waals surface area contributed by atoms with Crippen molar-refractivity contribution in [2.75, 3.05) is 31.1 Å². The maximum absolute atomic E-state index is 4.26. The Hall–Kier alpha value is -0.220. The van der Waals surface area contributed by atoms with E-state index in [0.717, 1.165) is 5.92 Å². The van der Waals surface area contributed by atoms with Crippen LogP contribution in [0.2, 0.25) is 0 Å². The fourth-order valence-electron chi connectivity index (χ4n) is 4.32. The number of piperidine rings is 3. The Bertz CT molecular complexity index is 437. The summed E-state index contributed by atoms with van der Waals surface area (Å²) >= 11 is 0. The topological polar surface area (TPSA) is 19.4 Å². The molecule has 4 fully saturated rings. The van der Waals surface area contributed by atoms with Crippen molar-refractivity contribution in [1.82, 2.24) is 9.88 Å². The number of nitrogens with zero attached hydrogens (tertiary/aromatic N) is 3. The molecule has 5 rings (SSSR count). The van der Waals surface area contributed by atoms with Crippen molar-refractivity contribution in [3.05, 3.63) is 24.5 Å². The van der Waals surface area contributed by atoms with E-state index in [-0.39, 0.29) is 37.2 Å². The molecule has 1 aromatic heterocycles. The van der Waals surface area contributed by atoms with Gasteiger partial charge >= 0.3 is 0 Å². The molecule has 1 aromatic rings. The van der Waals surface area contributed by atoms with E-state index in [1.54, 1.807) is 0 Å². The van der Waals surface area contributed by atoms with E-state index in [1.165, 1.54) is 57.5 Å². The summed E-state index contributed by atoms with van der Waals surface area (Å²) in [4.78, 5) is 9.57. The number of fused-ring (bicyclic) bond motifs is 2. The number of pyridine rings is 1. The van der Waals surface area contributed by atoms with Gasteiger partial charge in [0.25, 0.3) is 0 Å². The summed E-state index contributed by atoms with van der Waals surface area (Å²) < 4.78 is 0. The highest BCUT2D eigenvalue weighted by molar-refractivity contribution is 5.86. The third-order valence-electron chi connectivity index (χ3n) is 5.30. The van der Waals surface area contributed by atoms with Crippen LogP contribution >= 0.6 is 37.2 Å². The molecule has 4 aliphatic heterocycles. The van der Waals surface area contributed by atoms with Crippen LogP contribution in [0.1, 0.15) is 25.7 Å². The third kappa shape index (κ3) is 3.26. The van der Waals surface area contributed by atoms with Crippen molar-refractivity contribution in [3.8, 4) is 0 Å². The molecule has 0 aromatic carbocycles. The van der Waals surface area contributed by atoms with Crippen molar-refractivity contribution >= 4 is 42.9 Å². The summed E-state index contributed by atoms with van der Waals surface area (Å²) in [7, 11) is 0. The SMILES string of the molecule is Cl.Cl.Cl.c1cncc(N2CCC3(CC4CCN3CC4)C2)c1. The minimum atomic E-state index is 0. The molecule has 4 aliphatic rings. The number of aromatic nitrogens is 1. The van der Waals surface area contributed by atoms with Crippen molar-refractivity contribution in [1.29, 1.82) is 0 Å². The van der Waals surface area contributed by atoms with Crippen LogP contribution in [0.25, 0.3) is 0 Å². The molecule has 0 N–H and O–H groups in total. The van der Waals surface area contributed by atoms with E-state index in [1.807, 2.05) is 18.5 Å². The predicted octanol–water partition coefficient (Wildman–Crippen LogP) is 3.41. The van der Waals surface area contributed by atoms with Gasteiger partial charge in [0.05, 0.1) is 11.9 Å². The summed E-state index contributed by atoms with van der Waals surface area (Å²) in [6.07, 6.45) is 9.53. The first-order valence-electron chi connectivity index (χ1n) is 7.26. The molecule has 120 valence electrons. The number of rotatable bonds is 1. The van der Waals surface area contributed by atoms with E-state index in [2.05, 4.69) is 20.9 Å². The first kappa shape index (κ1) is 18.8. The Morgan fingerprint density at radius 3 is 2.43 bits per heavy atom. The molecule has 6 heteroatoms. The summed E-state index contributed by atoms with van der Waals surface area (Å²) in [6.45, 7) is 5.10. The van der Waals surface area contributed by atoms with Gasteiger partial charge in [-0.1, -0.05) is 0 Å². The van der Waals surface area contributed by atoms with Crippen LogP contribution in [0, 0.1) is 5.92 Å². The Labute approximate surface area is 145 Å². The highest BCUT2D eigenvalue weighted by atomic mass is 35.5. The molecule has 0 aliphatic carbocycles. The maximum Gasteiger partial charge on any atom is 0.0553 e. The smallest absolute Gasteiger partial charge is 0.0553 e. The zero-order valence-corrected chi connectivity index (χ0v) is 14.6. The molecule has 0 radical (unpaired) electrons. The average Bonchev–Trinajstić information content (AvgIpc) is 2.85. The van der Waals surface area contributed by atoms with Crippen molar-refractivity contribution in [3.63, 3.8) is 0 Å². The molecular weight excluding hydrogens is 329 g/mol. The first-order valence-corrected chi connectivity index (χ1v) is 7.26. The summed E-state index contributed by atoms with van der Waals surface area (Å²) in [5, 5.41) is 0. The predicted molar refractivity (Wildman–Crippen MR) is 94.5 cm³/mol. The summed E-state index contributed by atoms with van der Waals surface area (Å²) in [6, 6.07) is 4.25. The van der Waals surface area contributed by atoms with Crippen LogP contribution in [0.4, 0.5) is 5.69 Å². The van der Waals surface area contributed by atoms with E-state index in [0.29, 0.717) is 5.54 Å². The van der Waals surface area contributed by atoms with Gasteiger partial charge in [0.1, 0.15) is 0 Å². The number of hydrogen-bond acceptors (Lipinski definition) is 3. The standard InChI is InChI=1S/C15H21N3.3ClH/c1-2-14(11-16-6-1)17-9-5-15(12-17)10-13-3-7-18(15)8-4-13;;;/h1-2,6,11,13H,3-5,7-10,12H2;3*1H. The van der Waals surface area contributed by atoms with Gasteiger partial charge in [-0.3, -0.25) is 9.88 Å². The normalized spacial score (nSPS) is 33.0. The van der Waals surface area contributed by atoms with Gasteiger partial charge in [0.2, 0.25) is 0 Å². The van der Waals surface area contributed by atoms with Crippen molar-refractivity contribution < 1.29 is 0 Å². The molecule has 1 unspecified atom stereocenters. The van der Waals surface area contributed by atoms with Crippen LogP contribution < -0.4 is 4.90 Å². The maximum atomic E-state index is 4.26. The quantitative estimate of drug-likeness (QED) is 0.772. The van der Waals surface area contributed by atoms with Crippen LogP contribution in [-0.4, -0.2) is 41.6 Å². The lowest BCUT2D eigenvalue weighted by Crippen LogP contribution is -2.59. The Balaban J connectivity index is 0.000000735. The van der Waals surface area contributed by atoms with Gasteiger partial charge in [-0.2, -0.15) is 0 Å². The molecule has 21 heavy (non-hydrogen) atoms. The van der Waals surface area contributed by atoms with E-state index >= 15 is 0 Å². The van der Waals surface area contributed by atoms with Crippen LogP contribution in [0.3, 0.4) is 0 Å². The molecule has 0 amide bonds. The van der Waals surface area contributed by atoms with Crippen LogP contribution in [0.15, 0.2) is 24.5 Å². The molecule has 2 bridgehead atoms. The lowest BCUT2D eigenvalue weighted by molar-refractivity contribution is -0.0157. The highest BCUT2D eigenvalue weighted by Gasteiger charge is 2.49. The largest absolute Gasteiger partial charge is 0.368 e. The Morgan fingerprint density at radius 2 is 1.86 bits per heavy atom. The summed E-state index contributed by atoms with van der Waals surface area (Å²) in [5.74, 6) is 1.00. The second kappa shape index (κ2) is 7.36. The lowest BCUT2D eigenvalue weighted by atomic mass is 9.74. The lowest BCUT2D eigenvalue weighted by Gasteiger charge is -2.52. The highest BCUT2D eigenvalue weighted by Crippen LogP contribution is 2.44. The van der Waals surface area contributed by atoms with E-state index in [4.69, 9.17) is 0 Å². The van der Waals surface area contributed by atoms with E-state index < -0.39 is 0 Å². The number of anilines is 1. The third-order valence-corrected chi connectivity index (χ3v) is 5.30. The van der Waals surface area contributed by atoms with Gasteiger partial charge < -0.3 is 4.90 Å². The van der Waals surface area contributed by atoms with Crippen molar-refractivity contribution in [2.45, 2.75) is 31.2 Å². The number of hydrogen-bond donors (Lipinski definition) is 0. The molecule has 4 saturated heterocycles. The van der Waals surface area contributed by atoms with Crippen molar-refractivity contribution in [2.24, 2.45) is 5.92 Å². The molecule has 1 atom stereocenters. The van der Waals surface area contributed by atoms with Gasteiger partial charge in [-0.25, -0.2) is 0 Å². The minimum Gasteiger partial charge on any atom is -0.368 e. The van der Waals surface area contributed by atoms with E-state index in [9.17, 15) is 0 Å². The second-order valence-electron chi connectivity index (χ2n) is 6.24. The fourth-order valence-corrected chi connectivity index (χ4v) is 4.32. The van der Waals surface area contributed by atoms with Gasteiger partial charge in [0.15, 0.2) is 0 Å². The Kier molecular flexibility index (Phi) is 6.60. The zero-order valence-electron chi connectivity index (χ0n) is 12.1. The van der Waals surface area contributed by atoms with Crippen LogP contribution in [0.5, 0.6) is 0 Å². The molecule has 0 saturated carbocycles. The monoisotopic (exact) mass is 351 g/mol. The second-order valence-corrected chi connectivity index (χ2v) is 6.24. The molecule has 5 heterocycles. The molecule has 3 nitrogen and oxygen atoms in total.